The van der Waals surface area contributed by atoms with E-state index in [9.17, 15) is 5.21 Å². The Kier molecular flexibility index (Phi) is 2.45. The summed E-state index contributed by atoms with van der Waals surface area (Å²) >= 11 is 0. The first-order chi connectivity index (χ1) is 6.88. The number of hydrogen-bond acceptors (Lipinski definition) is 1. The molecule has 0 amide bonds. The molecule has 0 saturated carbocycles. The van der Waals surface area contributed by atoms with Crippen molar-refractivity contribution in [1.82, 2.24) is 0 Å². The van der Waals surface area contributed by atoms with Crippen LogP contribution in [-0.2, 0) is 0 Å². The van der Waals surface area contributed by atoms with Crippen LogP contribution in [0.15, 0.2) is 54.8 Å². The lowest BCUT2D eigenvalue weighted by Gasteiger charge is -2.04. The zero-order valence-electron chi connectivity index (χ0n) is 7.76. The highest BCUT2D eigenvalue weighted by molar-refractivity contribution is 5.64. The number of pyridine rings is 1. The third kappa shape index (κ3) is 1.74. The van der Waals surface area contributed by atoms with Crippen LogP contribution >= 0.6 is 0 Å². The van der Waals surface area contributed by atoms with Gasteiger partial charge in [-0.2, -0.15) is 4.73 Å². The summed E-state index contributed by atoms with van der Waals surface area (Å²) in [4.78, 5) is 0. The topological polar surface area (TPSA) is 26.9 Å². The molecule has 2 nitrogen and oxygen atoms in total. The van der Waals surface area contributed by atoms with Crippen LogP contribution in [0.2, 0.25) is 0 Å². The largest absolute Gasteiger partial charge is 0.618 e. The van der Waals surface area contributed by atoms with Gasteiger partial charge in [0.25, 0.3) is 0 Å². The van der Waals surface area contributed by atoms with Gasteiger partial charge in [-0.1, -0.05) is 30.4 Å². The molecule has 1 aliphatic rings. The number of rotatable bonds is 1. The first-order valence-corrected chi connectivity index (χ1v) is 4.59. The molecule has 0 radical (unpaired) electrons. The van der Waals surface area contributed by atoms with Crippen molar-refractivity contribution in [3.63, 3.8) is 0 Å². The van der Waals surface area contributed by atoms with E-state index >= 15 is 0 Å². The van der Waals surface area contributed by atoms with E-state index in [2.05, 4.69) is 0 Å². The first kappa shape index (κ1) is 8.75. The van der Waals surface area contributed by atoms with Crippen LogP contribution in [0.1, 0.15) is 12.1 Å². The molecule has 0 saturated heterocycles. The molecule has 1 aromatic rings. The molecule has 0 unspecified atom stereocenters. The van der Waals surface area contributed by atoms with E-state index in [1.54, 1.807) is 6.07 Å². The van der Waals surface area contributed by atoms with Gasteiger partial charge in [0.2, 0.25) is 5.69 Å². The maximum absolute atomic E-state index is 11.5. The maximum Gasteiger partial charge on any atom is 0.219 e. The zero-order chi connectivity index (χ0) is 9.80. The molecular weight excluding hydrogens is 174 g/mol. The van der Waals surface area contributed by atoms with Gasteiger partial charge in [-0.15, -0.1) is 0 Å². The monoisotopic (exact) mass is 185 g/mol. The summed E-state index contributed by atoms with van der Waals surface area (Å²) in [5.74, 6) is 0. The summed E-state index contributed by atoms with van der Waals surface area (Å²) in [5, 5.41) is 11.5. The minimum Gasteiger partial charge on any atom is -0.618 e. The minimum absolute atomic E-state index is 0.726. The fourth-order valence-electron chi connectivity index (χ4n) is 1.44. The third-order valence-corrected chi connectivity index (χ3v) is 2.15. The predicted octanol–water partition coefficient (Wildman–Crippen LogP) is 2.22. The molecule has 0 aliphatic heterocycles. The van der Waals surface area contributed by atoms with Crippen molar-refractivity contribution < 1.29 is 4.73 Å². The van der Waals surface area contributed by atoms with Crippen molar-refractivity contribution in [3.8, 4) is 0 Å². The van der Waals surface area contributed by atoms with Crippen molar-refractivity contribution in [3.05, 3.63) is 65.7 Å². The quantitative estimate of drug-likeness (QED) is 0.487. The number of hydrogen-bond donors (Lipinski definition) is 0. The summed E-state index contributed by atoms with van der Waals surface area (Å²) < 4.78 is 0.902. The molecule has 14 heavy (non-hydrogen) atoms. The van der Waals surface area contributed by atoms with Crippen LogP contribution in [0.5, 0.6) is 0 Å². The second kappa shape index (κ2) is 3.92. The van der Waals surface area contributed by atoms with E-state index in [1.165, 1.54) is 6.20 Å². The Labute approximate surface area is 83.1 Å². The Morgan fingerprint density at radius 1 is 1.14 bits per heavy atom. The lowest BCUT2D eigenvalue weighted by molar-refractivity contribution is -0.608. The summed E-state index contributed by atoms with van der Waals surface area (Å²) in [5.41, 5.74) is 1.77. The van der Waals surface area contributed by atoms with Gasteiger partial charge in [-0.25, -0.2) is 0 Å². The van der Waals surface area contributed by atoms with Gasteiger partial charge in [0.15, 0.2) is 6.20 Å². The highest BCUT2D eigenvalue weighted by Gasteiger charge is 2.08. The molecule has 2 rings (SSSR count). The van der Waals surface area contributed by atoms with E-state index in [1.807, 2.05) is 42.5 Å². The minimum atomic E-state index is 0.726. The van der Waals surface area contributed by atoms with Crippen molar-refractivity contribution in [2.24, 2.45) is 0 Å². The number of nitrogens with zero attached hydrogens (tertiary/aromatic N) is 1. The highest BCUT2D eigenvalue weighted by Crippen LogP contribution is 2.16. The molecule has 1 aliphatic carbocycles. The summed E-state index contributed by atoms with van der Waals surface area (Å²) in [7, 11) is 0. The smallest absolute Gasteiger partial charge is 0.219 e. The molecule has 0 fully saturated rings. The van der Waals surface area contributed by atoms with Gasteiger partial charge < -0.3 is 5.21 Å². The molecule has 0 aromatic carbocycles. The van der Waals surface area contributed by atoms with Gasteiger partial charge >= 0.3 is 0 Å². The van der Waals surface area contributed by atoms with E-state index in [0.29, 0.717) is 0 Å². The molecule has 0 N–H and O–H groups in total. The average molecular weight is 185 g/mol. The first-order valence-electron chi connectivity index (χ1n) is 4.59. The second-order valence-corrected chi connectivity index (χ2v) is 3.12. The SMILES string of the molecule is [O-][n+]1ccccc1C1=CC=CC=CC1. The normalized spacial score (nSPS) is 15.0. The Morgan fingerprint density at radius 3 is 2.93 bits per heavy atom. The molecule has 0 spiro atoms. The van der Waals surface area contributed by atoms with Crippen molar-refractivity contribution in [1.29, 1.82) is 0 Å². The van der Waals surface area contributed by atoms with Crippen molar-refractivity contribution in [2.75, 3.05) is 0 Å². The lowest BCUT2D eigenvalue weighted by atomic mass is 10.1. The van der Waals surface area contributed by atoms with Crippen LogP contribution in [-0.4, -0.2) is 0 Å². The zero-order valence-corrected chi connectivity index (χ0v) is 7.76. The fourth-order valence-corrected chi connectivity index (χ4v) is 1.44. The van der Waals surface area contributed by atoms with Gasteiger partial charge in [0, 0.05) is 17.7 Å². The Hall–Kier alpha value is -1.83. The van der Waals surface area contributed by atoms with E-state index in [4.69, 9.17) is 0 Å². The van der Waals surface area contributed by atoms with Crippen molar-refractivity contribution >= 4 is 5.57 Å². The van der Waals surface area contributed by atoms with Crippen molar-refractivity contribution in [2.45, 2.75) is 6.42 Å². The third-order valence-electron chi connectivity index (χ3n) is 2.15. The van der Waals surface area contributed by atoms with Crippen LogP contribution < -0.4 is 4.73 Å². The molecule has 0 bridgehead atoms. The van der Waals surface area contributed by atoms with Gasteiger partial charge in [0.05, 0.1) is 0 Å². The van der Waals surface area contributed by atoms with Crippen LogP contribution in [0.4, 0.5) is 0 Å². The maximum atomic E-state index is 11.5. The molecule has 0 atom stereocenters. The molecule has 2 heteroatoms. The lowest BCUT2D eigenvalue weighted by Crippen LogP contribution is -2.30. The highest BCUT2D eigenvalue weighted by atomic mass is 16.5. The van der Waals surface area contributed by atoms with Crippen LogP contribution in [0.3, 0.4) is 0 Å². The number of allylic oxidation sites excluding steroid dienone is 6. The van der Waals surface area contributed by atoms with E-state index in [-0.39, 0.29) is 0 Å². The van der Waals surface area contributed by atoms with Gasteiger partial charge in [-0.05, 0) is 12.5 Å². The molecular formula is C12H11NO. The Morgan fingerprint density at radius 2 is 2.07 bits per heavy atom. The average Bonchev–Trinajstić information content (AvgIpc) is 2.47. The van der Waals surface area contributed by atoms with E-state index < -0.39 is 0 Å². The summed E-state index contributed by atoms with van der Waals surface area (Å²) in [6, 6.07) is 5.45. The predicted molar refractivity (Wildman–Crippen MR) is 56.3 cm³/mol. The standard InChI is InChI=1S/C12H11NO/c14-13-10-6-5-9-12(13)11-7-3-1-2-4-8-11/h1-7,9-10H,8H2. The number of aromatic nitrogens is 1. The summed E-state index contributed by atoms with van der Waals surface area (Å²) in [6.07, 6.45) is 12.2. The molecule has 1 aromatic heterocycles. The Balaban J connectivity index is 2.40. The Bertz CT molecular complexity index is 416. The van der Waals surface area contributed by atoms with Gasteiger partial charge in [0.1, 0.15) is 0 Å². The summed E-state index contributed by atoms with van der Waals surface area (Å²) in [6.45, 7) is 0. The van der Waals surface area contributed by atoms with E-state index in [0.717, 1.165) is 22.4 Å². The van der Waals surface area contributed by atoms with Crippen LogP contribution in [0.25, 0.3) is 5.57 Å². The molecule has 70 valence electrons. The molecule has 1 heterocycles. The van der Waals surface area contributed by atoms with Gasteiger partial charge in [-0.3, -0.25) is 0 Å². The fraction of sp³-hybridized carbons (Fsp3) is 0.0833. The van der Waals surface area contributed by atoms with Crippen LogP contribution in [0, 0.1) is 5.21 Å². The second-order valence-electron chi connectivity index (χ2n) is 3.12.